The zero-order valence-corrected chi connectivity index (χ0v) is 9.80. The van der Waals surface area contributed by atoms with Crippen molar-refractivity contribution in [2.24, 2.45) is 5.73 Å². The van der Waals surface area contributed by atoms with Crippen molar-refractivity contribution in [3.8, 4) is 0 Å². The van der Waals surface area contributed by atoms with Crippen molar-refractivity contribution < 1.29 is 18.0 Å². The van der Waals surface area contributed by atoms with Gasteiger partial charge in [-0.3, -0.25) is 4.79 Å². The lowest BCUT2D eigenvalue weighted by molar-refractivity contribution is -0.150. The number of rotatable bonds is 5. The maximum Gasteiger partial charge on any atom is 0.389 e. The third kappa shape index (κ3) is 4.93. The summed E-state index contributed by atoms with van der Waals surface area (Å²) in [6, 6.07) is 0.0966. The molecule has 0 aromatic heterocycles. The molecule has 1 amide bonds. The molecule has 1 fully saturated rings. The van der Waals surface area contributed by atoms with Crippen LogP contribution in [0.4, 0.5) is 13.2 Å². The lowest BCUT2D eigenvalue weighted by atomic mass is 10.1. The van der Waals surface area contributed by atoms with E-state index in [2.05, 4.69) is 0 Å². The summed E-state index contributed by atoms with van der Waals surface area (Å²) in [5.41, 5.74) is 5.40. The van der Waals surface area contributed by atoms with Crippen LogP contribution in [0.5, 0.6) is 0 Å². The molecule has 0 aromatic rings. The Kier molecular flexibility index (Phi) is 5.24. The molecule has 0 unspecified atom stereocenters. The third-order valence-electron chi connectivity index (χ3n) is 3.08. The lowest BCUT2D eigenvalue weighted by Gasteiger charge is -2.28. The van der Waals surface area contributed by atoms with E-state index in [0.29, 0.717) is 13.1 Å². The number of hydrogen-bond acceptors (Lipinski definition) is 2. The Balaban J connectivity index is 2.48. The average molecular weight is 252 g/mol. The van der Waals surface area contributed by atoms with Gasteiger partial charge in [0.05, 0.1) is 6.42 Å². The number of alkyl halides is 3. The van der Waals surface area contributed by atoms with Crippen LogP contribution in [0.2, 0.25) is 0 Å². The van der Waals surface area contributed by atoms with E-state index in [9.17, 15) is 18.0 Å². The van der Waals surface area contributed by atoms with Crippen LogP contribution < -0.4 is 5.73 Å². The van der Waals surface area contributed by atoms with Gasteiger partial charge in [0.25, 0.3) is 0 Å². The minimum Gasteiger partial charge on any atom is -0.338 e. The quantitative estimate of drug-likeness (QED) is 0.814. The van der Waals surface area contributed by atoms with Gasteiger partial charge in [0.2, 0.25) is 5.91 Å². The van der Waals surface area contributed by atoms with Crippen LogP contribution in [-0.2, 0) is 4.79 Å². The van der Waals surface area contributed by atoms with Crippen molar-refractivity contribution in [1.29, 1.82) is 0 Å². The Morgan fingerprint density at radius 2 is 1.88 bits per heavy atom. The topological polar surface area (TPSA) is 46.3 Å². The minimum atomic E-state index is -4.26. The molecule has 2 N–H and O–H groups in total. The van der Waals surface area contributed by atoms with Crippen molar-refractivity contribution in [1.82, 2.24) is 4.90 Å². The largest absolute Gasteiger partial charge is 0.389 e. The van der Waals surface area contributed by atoms with Crippen molar-refractivity contribution in [3.05, 3.63) is 0 Å². The maximum absolute atomic E-state index is 12.0. The Bertz CT molecular complexity index is 250. The SMILES string of the molecule is NCCN(C(=O)CCC(F)(F)F)C1CCCC1. The summed E-state index contributed by atoms with van der Waals surface area (Å²) >= 11 is 0. The Morgan fingerprint density at radius 1 is 1.29 bits per heavy atom. The highest BCUT2D eigenvalue weighted by molar-refractivity contribution is 5.76. The summed E-state index contributed by atoms with van der Waals surface area (Å²) in [6.45, 7) is 0.662. The van der Waals surface area contributed by atoms with Gasteiger partial charge in [-0.25, -0.2) is 0 Å². The molecule has 3 nitrogen and oxygen atoms in total. The van der Waals surface area contributed by atoms with Gasteiger partial charge in [-0.1, -0.05) is 12.8 Å². The molecular weight excluding hydrogens is 233 g/mol. The Morgan fingerprint density at radius 3 is 2.35 bits per heavy atom. The zero-order valence-electron chi connectivity index (χ0n) is 9.80. The van der Waals surface area contributed by atoms with Crippen LogP contribution in [-0.4, -0.2) is 36.1 Å². The highest BCUT2D eigenvalue weighted by Crippen LogP contribution is 2.26. The molecule has 1 aliphatic carbocycles. The summed E-state index contributed by atoms with van der Waals surface area (Å²) in [6.07, 6.45) is -1.91. The first-order chi connectivity index (χ1) is 7.94. The first-order valence-corrected chi connectivity index (χ1v) is 6.00. The van der Waals surface area contributed by atoms with Crippen LogP contribution in [0.3, 0.4) is 0 Å². The molecular formula is C11H19F3N2O. The normalized spacial score (nSPS) is 17.4. The van der Waals surface area contributed by atoms with Crippen molar-refractivity contribution >= 4 is 5.91 Å². The molecule has 0 aliphatic heterocycles. The first-order valence-electron chi connectivity index (χ1n) is 6.00. The van der Waals surface area contributed by atoms with Crippen molar-refractivity contribution in [3.63, 3.8) is 0 Å². The van der Waals surface area contributed by atoms with Crippen LogP contribution >= 0.6 is 0 Å². The van der Waals surface area contributed by atoms with Gasteiger partial charge in [-0.15, -0.1) is 0 Å². The number of carbonyl (C=O) groups excluding carboxylic acids is 1. The summed E-state index contributed by atoms with van der Waals surface area (Å²) < 4.78 is 36.1. The zero-order chi connectivity index (χ0) is 12.9. The van der Waals surface area contributed by atoms with Crippen molar-refractivity contribution in [2.45, 2.75) is 50.7 Å². The number of amides is 1. The molecule has 1 aliphatic rings. The molecule has 0 radical (unpaired) electrons. The van der Waals surface area contributed by atoms with E-state index in [4.69, 9.17) is 5.73 Å². The van der Waals surface area contributed by atoms with E-state index in [1.165, 1.54) is 0 Å². The van der Waals surface area contributed by atoms with E-state index in [1.54, 1.807) is 4.90 Å². The number of halogens is 3. The molecule has 0 bridgehead atoms. The molecule has 0 heterocycles. The fourth-order valence-electron chi connectivity index (χ4n) is 2.26. The third-order valence-corrected chi connectivity index (χ3v) is 3.08. The smallest absolute Gasteiger partial charge is 0.338 e. The molecule has 6 heteroatoms. The van der Waals surface area contributed by atoms with Crippen LogP contribution in [0.15, 0.2) is 0 Å². The molecule has 1 rings (SSSR count). The predicted octanol–water partition coefficient (Wildman–Crippen LogP) is 2.06. The standard InChI is InChI=1S/C11H19F3N2O/c12-11(13,14)6-5-10(17)16(8-7-15)9-3-1-2-4-9/h9H,1-8,15H2. The summed E-state index contributed by atoms with van der Waals surface area (Å²) in [5, 5.41) is 0. The van der Waals surface area contributed by atoms with Gasteiger partial charge in [0.1, 0.15) is 0 Å². The van der Waals surface area contributed by atoms with Crippen LogP contribution in [0.1, 0.15) is 38.5 Å². The van der Waals surface area contributed by atoms with Crippen molar-refractivity contribution in [2.75, 3.05) is 13.1 Å². The summed E-state index contributed by atoms with van der Waals surface area (Å²) in [4.78, 5) is 13.3. The first kappa shape index (κ1) is 14.3. The number of hydrogen-bond donors (Lipinski definition) is 1. The molecule has 0 saturated heterocycles. The summed E-state index contributed by atoms with van der Waals surface area (Å²) in [7, 11) is 0. The second kappa shape index (κ2) is 6.23. The minimum absolute atomic E-state index is 0.0966. The van der Waals surface area contributed by atoms with Crippen LogP contribution in [0.25, 0.3) is 0 Å². The Hall–Kier alpha value is -0.780. The molecule has 0 aromatic carbocycles. The number of carbonyl (C=O) groups is 1. The van der Waals surface area contributed by atoms with Crippen LogP contribution in [0, 0.1) is 0 Å². The van der Waals surface area contributed by atoms with Gasteiger partial charge in [-0.05, 0) is 12.8 Å². The second-order valence-corrected chi connectivity index (χ2v) is 4.43. The maximum atomic E-state index is 12.0. The fourth-order valence-corrected chi connectivity index (χ4v) is 2.26. The molecule has 17 heavy (non-hydrogen) atoms. The van der Waals surface area contributed by atoms with Gasteiger partial charge < -0.3 is 10.6 Å². The predicted molar refractivity (Wildman–Crippen MR) is 58.3 cm³/mol. The van der Waals surface area contributed by atoms with Gasteiger partial charge in [-0.2, -0.15) is 13.2 Å². The highest BCUT2D eigenvalue weighted by Gasteiger charge is 2.31. The molecule has 0 atom stereocenters. The van der Waals surface area contributed by atoms with Gasteiger partial charge in [0, 0.05) is 25.6 Å². The fraction of sp³-hybridized carbons (Fsp3) is 0.909. The van der Waals surface area contributed by atoms with Gasteiger partial charge >= 0.3 is 6.18 Å². The molecule has 100 valence electrons. The van der Waals surface area contributed by atoms with E-state index in [-0.39, 0.29) is 6.04 Å². The average Bonchev–Trinajstić information content (AvgIpc) is 2.74. The highest BCUT2D eigenvalue weighted by atomic mass is 19.4. The van der Waals surface area contributed by atoms with E-state index in [1.807, 2.05) is 0 Å². The van der Waals surface area contributed by atoms with Gasteiger partial charge in [0.15, 0.2) is 0 Å². The van der Waals surface area contributed by atoms with E-state index in [0.717, 1.165) is 25.7 Å². The Labute approximate surface area is 99.1 Å². The van der Waals surface area contributed by atoms with E-state index >= 15 is 0 Å². The molecule has 0 spiro atoms. The number of nitrogens with zero attached hydrogens (tertiary/aromatic N) is 1. The molecule has 1 saturated carbocycles. The number of nitrogens with two attached hydrogens (primary N) is 1. The monoisotopic (exact) mass is 252 g/mol. The summed E-state index contributed by atoms with van der Waals surface area (Å²) in [5.74, 6) is -0.417. The lowest BCUT2D eigenvalue weighted by Crippen LogP contribution is -2.42. The second-order valence-electron chi connectivity index (χ2n) is 4.43. The van der Waals surface area contributed by atoms with E-state index < -0.39 is 24.9 Å².